The second-order valence-corrected chi connectivity index (χ2v) is 6.06. The molecule has 0 aliphatic rings. The van der Waals surface area contributed by atoms with Crippen LogP contribution >= 0.6 is 0 Å². The van der Waals surface area contributed by atoms with Crippen LogP contribution < -0.4 is 20.5 Å². The van der Waals surface area contributed by atoms with E-state index in [-0.39, 0.29) is 19.1 Å². The Kier molecular flexibility index (Phi) is 6.26. The van der Waals surface area contributed by atoms with E-state index in [0.717, 1.165) is 6.26 Å². The molecule has 0 bridgehead atoms. The molecule has 1 amide bonds. The Morgan fingerprint density at radius 3 is 2.50 bits per heavy atom. The summed E-state index contributed by atoms with van der Waals surface area (Å²) in [6.45, 7) is 0.577. The molecule has 0 aliphatic carbocycles. The molecule has 0 atom stereocenters. The summed E-state index contributed by atoms with van der Waals surface area (Å²) in [4.78, 5) is 11.4. The number of anilines is 1. The van der Waals surface area contributed by atoms with Crippen LogP contribution in [0, 0.1) is 0 Å². The molecule has 1 aromatic carbocycles. The van der Waals surface area contributed by atoms with Crippen molar-refractivity contribution in [1.82, 2.24) is 10.0 Å². The Morgan fingerprint density at radius 1 is 1.25 bits per heavy atom. The van der Waals surface area contributed by atoms with Crippen LogP contribution in [0.5, 0.6) is 5.75 Å². The fraction of sp³-hybridized carbons (Fsp3) is 0.417. The molecule has 7 nitrogen and oxygen atoms in total. The third-order valence-electron chi connectivity index (χ3n) is 2.29. The highest BCUT2D eigenvalue weighted by atomic mass is 32.2. The molecular formula is C12H19N3O4S. The second-order valence-electron chi connectivity index (χ2n) is 4.23. The zero-order chi connectivity index (χ0) is 15.0. The Hall–Kier alpha value is -1.80. The fourth-order valence-corrected chi connectivity index (χ4v) is 1.85. The van der Waals surface area contributed by atoms with Gasteiger partial charge in [0.05, 0.1) is 6.26 Å². The molecular weight excluding hydrogens is 282 g/mol. The summed E-state index contributed by atoms with van der Waals surface area (Å²) < 4.78 is 29.2. The van der Waals surface area contributed by atoms with Crippen molar-refractivity contribution in [3.05, 3.63) is 24.3 Å². The predicted molar refractivity (Wildman–Crippen MR) is 76.8 cm³/mol. The van der Waals surface area contributed by atoms with Crippen LogP contribution in [-0.2, 0) is 14.8 Å². The van der Waals surface area contributed by atoms with Crippen molar-refractivity contribution >= 4 is 21.6 Å². The topological polar surface area (TPSA) is 111 Å². The van der Waals surface area contributed by atoms with Gasteiger partial charge in [0, 0.05) is 18.8 Å². The van der Waals surface area contributed by atoms with Gasteiger partial charge >= 0.3 is 0 Å². The van der Waals surface area contributed by atoms with Crippen molar-refractivity contribution in [3.63, 3.8) is 0 Å². The number of benzene rings is 1. The maximum absolute atomic E-state index is 11.4. The van der Waals surface area contributed by atoms with Crippen molar-refractivity contribution in [2.45, 2.75) is 6.42 Å². The lowest BCUT2D eigenvalue weighted by Crippen LogP contribution is -2.32. The third-order valence-corrected chi connectivity index (χ3v) is 3.02. The van der Waals surface area contributed by atoms with Gasteiger partial charge in [-0.1, -0.05) is 0 Å². The zero-order valence-corrected chi connectivity index (χ0v) is 12.1. The first kappa shape index (κ1) is 16.3. The predicted octanol–water partition coefficient (Wildman–Crippen LogP) is -0.297. The van der Waals surface area contributed by atoms with Crippen molar-refractivity contribution < 1.29 is 17.9 Å². The van der Waals surface area contributed by atoms with Crippen molar-refractivity contribution in [2.24, 2.45) is 0 Å². The van der Waals surface area contributed by atoms with Crippen LogP contribution in [0.15, 0.2) is 24.3 Å². The number of nitrogens with one attached hydrogen (secondary N) is 2. The molecule has 0 fully saturated rings. The van der Waals surface area contributed by atoms with Gasteiger partial charge in [0.15, 0.2) is 6.61 Å². The number of rotatable bonds is 8. The van der Waals surface area contributed by atoms with Crippen LogP contribution in [0.1, 0.15) is 6.42 Å². The minimum atomic E-state index is -3.17. The van der Waals surface area contributed by atoms with E-state index in [1.54, 1.807) is 24.3 Å². The minimum Gasteiger partial charge on any atom is -0.484 e. The number of ether oxygens (including phenoxy) is 1. The maximum Gasteiger partial charge on any atom is 0.257 e. The molecule has 0 saturated carbocycles. The number of nitrogens with two attached hydrogens (primary N) is 1. The Balaban J connectivity index is 2.13. The van der Waals surface area contributed by atoms with Crippen LogP contribution in [0.3, 0.4) is 0 Å². The lowest BCUT2D eigenvalue weighted by molar-refractivity contribution is -0.123. The number of carbonyl (C=O) groups excluding carboxylic acids is 1. The quantitative estimate of drug-likeness (QED) is 0.451. The van der Waals surface area contributed by atoms with Gasteiger partial charge < -0.3 is 15.8 Å². The fourth-order valence-electron chi connectivity index (χ4n) is 1.34. The summed E-state index contributed by atoms with van der Waals surface area (Å²) >= 11 is 0. The highest BCUT2D eigenvalue weighted by Gasteiger charge is 2.03. The van der Waals surface area contributed by atoms with Gasteiger partial charge in [-0.05, 0) is 30.7 Å². The Morgan fingerprint density at radius 2 is 1.90 bits per heavy atom. The molecule has 0 radical (unpaired) electrons. The van der Waals surface area contributed by atoms with E-state index in [4.69, 9.17) is 10.5 Å². The number of sulfonamides is 1. The number of hydrogen-bond donors (Lipinski definition) is 3. The molecule has 4 N–H and O–H groups in total. The second kappa shape index (κ2) is 7.71. The van der Waals surface area contributed by atoms with E-state index in [9.17, 15) is 13.2 Å². The molecule has 0 aliphatic heterocycles. The van der Waals surface area contributed by atoms with Crippen molar-refractivity contribution in [3.8, 4) is 5.75 Å². The van der Waals surface area contributed by atoms with Gasteiger partial charge in [0.25, 0.3) is 5.91 Å². The average Bonchev–Trinajstić information content (AvgIpc) is 2.36. The van der Waals surface area contributed by atoms with Gasteiger partial charge in [-0.25, -0.2) is 13.1 Å². The van der Waals surface area contributed by atoms with Gasteiger partial charge in [-0.2, -0.15) is 0 Å². The highest BCUT2D eigenvalue weighted by Crippen LogP contribution is 2.12. The largest absolute Gasteiger partial charge is 0.484 e. The van der Waals surface area contributed by atoms with Crippen LogP contribution in [0.2, 0.25) is 0 Å². The summed E-state index contributed by atoms with van der Waals surface area (Å²) in [5.41, 5.74) is 6.15. The van der Waals surface area contributed by atoms with Gasteiger partial charge in [0.2, 0.25) is 10.0 Å². The molecule has 0 unspecified atom stereocenters. The summed E-state index contributed by atoms with van der Waals surface area (Å²) in [6.07, 6.45) is 1.60. The van der Waals surface area contributed by atoms with Gasteiger partial charge in [-0.15, -0.1) is 0 Å². The zero-order valence-electron chi connectivity index (χ0n) is 11.3. The highest BCUT2D eigenvalue weighted by molar-refractivity contribution is 7.88. The van der Waals surface area contributed by atoms with Gasteiger partial charge in [-0.3, -0.25) is 4.79 Å². The van der Waals surface area contributed by atoms with Gasteiger partial charge in [0.1, 0.15) is 5.75 Å². The normalized spacial score (nSPS) is 11.1. The average molecular weight is 301 g/mol. The number of nitrogen functional groups attached to an aromatic ring is 1. The van der Waals surface area contributed by atoms with Crippen LogP contribution in [-0.4, -0.2) is 40.3 Å². The minimum absolute atomic E-state index is 0.0938. The summed E-state index contributed by atoms with van der Waals surface area (Å²) in [5, 5.41) is 2.63. The maximum atomic E-state index is 11.4. The van der Waals surface area contributed by atoms with E-state index in [2.05, 4.69) is 10.0 Å². The molecule has 0 spiro atoms. The van der Waals surface area contributed by atoms with Crippen molar-refractivity contribution in [1.29, 1.82) is 0 Å². The first-order valence-electron chi connectivity index (χ1n) is 6.06. The van der Waals surface area contributed by atoms with E-state index in [0.29, 0.717) is 24.4 Å². The standard InChI is InChI=1S/C12H19N3O4S/c1-20(17,18)15-8-2-7-14-12(16)9-19-11-5-3-10(13)4-6-11/h3-6,15H,2,7-9,13H2,1H3,(H,14,16). The Bertz CT molecular complexity index is 528. The molecule has 112 valence electrons. The molecule has 0 heterocycles. The summed E-state index contributed by atoms with van der Waals surface area (Å²) in [7, 11) is -3.17. The number of hydrogen-bond acceptors (Lipinski definition) is 5. The summed E-state index contributed by atoms with van der Waals surface area (Å²) in [6, 6.07) is 6.73. The SMILES string of the molecule is CS(=O)(=O)NCCCNC(=O)COc1ccc(N)cc1. The first-order chi connectivity index (χ1) is 9.37. The lowest BCUT2D eigenvalue weighted by atomic mass is 10.3. The Labute approximate surface area is 118 Å². The third kappa shape index (κ3) is 7.59. The summed E-state index contributed by atoms with van der Waals surface area (Å²) in [5.74, 6) is 0.300. The monoisotopic (exact) mass is 301 g/mol. The molecule has 8 heteroatoms. The van der Waals surface area contributed by atoms with E-state index in [1.165, 1.54) is 0 Å². The molecule has 1 aromatic rings. The lowest BCUT2D eigenvalue weighted by Gasteiger charge is -2.07. The molecule has 0 saturated heterocycles. The van der Waals surface area contributed by atoms with E-state index < -0.39 is 10.0 Å². The van der Waals surface area contributed by atoms with E-state index >= 15 is 0 Å². The molecule has 0 aromatic heterocycles. The first-order valence-corrected chi connectivity index (χ1v) is 7.95. The van der Waals surface area contributed by atoms with E-state index in [1.807, 2.05) is 0 Å². The smallest absolute Gasteiger partial charge is 0.257 e. The molecule has 1 rings (SSSR count). The van der Waals surface area contributed by atoms with Crippen molar-refractivity contribution in [2.75, 3.05) is 31.7 Å². The molecule has 20 heavy (non-hydrogen) atoms. The number of amides is 1. The number of carbonyl (C=O) groups is 1. The van der Waals surface area contributed by atoms with Crippen LogP contribution in [0.25, 0.3) is 0 Å². The van der Waals surface area contributed by atoms with Crippen LogP contribution in [0.4, 0.5) is 5.69 Å².